The lowest BCUT2D eigenvalue weighted by molar-refractivity contribution is -0.140. The van der Waals surface area contributed by atoms with Gasteiger partial charge in [-0.25, -0.2) is 8.42 Å². The predicted molar refractivity (Wildman–Crippen MR) is 165 cm³/mol. The van der Waals surface area contributed by atoms with Crippen LogP contribution in [0.3, 0.4) is 0 Å². The number of halogens is 1. The van der Waals surface area contributed by atoms with E-state index in [2.05, 4.69) is 5.32 Å². The van der Waals surface area contributed by atoms with Crippen LogP contribution >= 0.6 is 11.6 Å². The Kier molecular flexibility index (Phi) is 10.5. The SMILES string of the molecule is CC[C@@H](C(=O)NC1CCCC1)N(Cc1ccc(OC)cc1)C(=O)CN(c1ccccc1C)S(=O)(=O)c1ccc(Cl)cc1. The molecule has 0 radical (unpaired) electrons. The van der Waals surface area contributed by atoms with E-state index in [1.54, 1.807) is 44.4 Å². The lowest BCUT2D eigenvalue weighted by Gasteiger charge is -2.34. The summed E-state index contributed by atoms with van der Waals surface area (Å²) >= 11 is 6.03. The van der Waals surface area contributed by atoms with Gasteiger partial charge in [-0.2, -0.15) is 0 Å². The zero-order chi connectivity index (χ0) is 30.3. The number of hydrogen-bond donors (Lipinski definition) is 1. The maximum Gasteiger partial charge on any atom is 0.264 e. The van der Waals surface area contributed by atoms with E-state index in [0.717, 1.165) is 35.6 Å². The van der Waals surface area contributed by atoms with Gasteiger partial charge in [0.05, 0.1) is 17.7 Å². The Morgan fingerprint density at radius 3 is 2.24 bits per heavy atom. The number of carbonyl (C=O) groups is 2. The first-order chi connectivity index (χ1) is 20.1. The van der Waals surface area contributed by atoms with Crippen molar-refractivity contribution < 1.29 is 22.7 Å². The second kappa shape index (κ2) is 14.1. The van der Waals surface area contributed by atoms with Gasteiger partial charge in [-0.3, -0.25) is 13.9 Å². The molecule has 4 rings (SSSR count). The van der Waals surface area contributed by atoms with Gasteiger partial charge in [0.1, 0.15) is 18.3 Å². The van der Waals surface area contributed by atoms with E-state index in [4.69, 9.17) is 16.3 Å². The second-order valence-electron chi connectivity index (χ2n) is 10.5. The van der Waals surface area contributed by atoms with Gasteiger partial charge in [0, 0.05) is 17.6 Å². The van der Waals surface area contributed by atoms with Crippen molar-refractivity contribution in [2.75, 3.05) is 18.0 Å². The van der Waals surface area contributed by atoms with E-state index in [-0.39, 0.29) is 23.4 Å². The molecule has 0 unspecified atom stereocenters. The van der Waals surface area contributed by atoms with E-state index in [0.29, 0.717) is 28.4 Å². The van der Waals surface area contributed by atoms with Gasteiger partial charge in [-0.15, -0.1) is 0 Å². The first-order valence-electron chi connectivity index (χ1n) is 14.2. The summed E-state index contributed by atoms with van der Waals surface area (Å²) in [6.45, 7) is 3.29. The Morgan fingerprint density at radius 2 is 1.64 bits per heavy atom. The molecule has 0 aliphatic heterocycles. The molecule has 1 fully saturated rings. The van der Waals surface area contributed by atoms with Crippen LogP contribution in [-0.4, -0.2) is 50.9 Å². The minimum atomic E-state index is -4.17. The second-order valence-corrected chi connectivity index (χ2v) is 12.8. The van der Waals surface area contributed by atoms with Gasteiger partial charge < -0.3 is 15.0 Å². The van der Waals surface area contributed by atoms with E-state index in [1.807, 2.05) is 25.1 Å². The summed E-state index contributed by atoms with van der Waals surface area (Å²) in [5, 5.41) is 3.53. The number of nitrogens with zero attached hydrogens (tertiary/aromatic N) is 2. The Balaban J connectivity index is 1.72. The van der Waals surface area contributed by atoms with Crippen molar-refractivity contribution in [3.8, 4) is 5.75 Å². The summed E-state index contributed by atoms with van der Waals surface area (Å²) < 4.78 is 34.4. The summed E-state index contributed by atoms with van der Waals surface area (Å²) in [6.07, 6.45) is 4.31. The number of benzene rings is 3. The number of methoxy groups -OCH3 is 1. The minimum Gasteiger partial charge on any atom is -0.497 e. The fraction of sp³-hybridized carbons (Fsp3) is 0.375. The van der Waals surface area contributed by atoms with E-state index in [9.17, 15) is 18.0 Å². The fourth-order valence-corrected chi connectivity index (χ4v) is 6.91. The van der Waals surface area contributed by atoms with E-state index in [1.165, 1.54) is 29.2 Å². The molecule has 0 heterocycles. The lowest BCUT2D eigenvalue weighted by Crippen LogP contribution is -2.53. The number of anilines is 1. The smallest absolute Gasteiger partial charge is 0.264 e. The van der Waals surface area contributed by atoms with Gasteiger partial charge >= 0.3 is 0 Å². The Bertz CT molecular complexity index is 1470. The molecule has 0 saturated heterocycles. The molecule has 0 aromatic heterocycles. The summed E-state index contributed by atoms with van der Waals surface area (Å²) in [6, 6.07) is 19.4. The fourth-order valence-electron chi connectivity index (χ4n) is 5.31. The third-order valence-corrected chi connectivity index (χ3v) is 9.69. The van der Waals surface area contributed by atoms with Crippen LogP contribution in [0.25, 0.3) is 0 Å². The molecule has 3 aromatic carbocycles. The van der Waals surface area contributed by atoms with Gasteiger partial charge in [-0.1, -0.05) is 61.7 Å². The largest absolute Gasteiger partial charge is 0.497 e. The molecule has 1 N–H and O–H groups in total. The topological polar surface area (TPSA) is 96.0 Å². The van der Waals surface area contributed by atoms with Crippen molar-refractivity contribution in [1.82, 2.24) is 10.2 Å². The third kappa shape index (κ3) is 7.44. The number of rotatable bonds is 12. The molecule has 2 amide bonds. The molecule has 0 bridgehead atoms. The minimum absolute atomic E-state index is 0.00988. The van der Waals surface area contributed by atoms with E-state index >= 15 is 0 Å². The van der Waals surface area contributed by atoms with Gasteiger partial charge in [0.15, 0.2) is 0 Å². The first kappa shape index (κ1) is 31.4. The highest BCUT2D eigenvalue weighted by molar-refractivity contribution is 7.92. The van der Waals surface area contributed by atoms with Crippen molar-refractivity contribution in [3.05, 3.63) is 88.9 Å². The maximum absolute atomic E-state index is 14.2. The zero-order valence-corrected chi connectivity index (χ0v) is 25.8. The molecule has 42 heavy (non-hydrogen) atoms. The molecular formula is C32H38ClN3O5S. The number of para-hydroxylation sites is 1. The summed E-state index contributed by atoms with van der Waals surface area (Å²) in [5.74, 6) is -0.0447. The van der Waals surface area contributed by atoms with Crippen LogP contribution < -0.4 is 14.4 Å². The van der Waals surface area contributed by atoms with Crippen molar-refractivity contribution in [2.24, 2.45) is 0 Å². The number of carbonyl (C=O) groups excluding carboxylic acids is 2. The van der Waals surface area contributed by atoms with Crippen LogP contribution in [0.1, 0.15) is 50.2 Å². The van der Waals surface area contributed by atoms with Crippen LogP contribution in [0.4, 0.5) is 5.69 Å². The average Bonchev–Trinajstić information content (AvgIpc) is 3.49. The molecule has 3 aromatic rings. The Hall–Kier alpha value is -3.56. The van der Waals surface area contributed by atoms with Crippen LogP contribution in [-0.2, 0) is 26.2 Å². The number of sulfonamides is 1. The highest BCUT2D eigenvalue weighted by Crippen LogP contribution is 2.28. The van der Waals surface area contributed by atoms with E-state index < -0.39 is 28.5 Å². The Morgan fingerprint density at radius 1 is 1.00 bits per heavy atom. The third-order valence-electron chi connectivity index (χ3n) is 7.66. The average molecular weight is 612 g/mol. The summed E-state index contributed by atoms with van der Waals surface area (Å²) in [4.78, 5) is 29.3. The summed E-state index contributed by atoms with van der Waals surface area (Å²) in [7, 11) is -2.59. The number of aryl methyl sites for hydroxylation is 1. The molecule has 224 valence electrons. The number of amides is 2. The Labute approximate surface area is 253 Å². The molecular weight excluding hydrogens is 574 g/mol. The van der Waals surface area contributed by atoms with Gasteiger partial charge in [0.25, 0.3) is 10.0 Å². The maximum atomic E-state index is 14.2. The molecule has 10 heteroatoms. The molecule has 1 aliphatic carbocycles. The normalized spacial score (nSPS) is 14.3. The van der Waals surface area contributed by atoms with Crippen molar-refractivity contribution in [1.29, 1.82) is 0 Å². The monoisotopic (exact) mass is 611 g/mol. The molecule has 0 spiro atoms. The number of hydrogen-bond acceptors (Lipinski definition) is 5. The quantitative estimate of drug-likeness (QED) is 0.283. The van der Waals surface area contributed by atoms with Crippen molar-refractivity contribution in [2.45, 2.75) is 69.5 Å². The lowest BCUT2D eigenvalue weighted by atomic mass is 10.1. The van der Waals surface area contributed by atoms with Crippen LogP contribution in [0.5, 0.6) is 5.75 Å². The van der Waals surface area contributed by atoms with Crippen LogP contribution in [0.2, 0.25) is 5.02 Å². The van der Waals surface area contributed by atoms with Crippen molar-refractivity contribution >= 4 is 39.1 Å². The zero-order valence-electron chi connectivity index (χ0n) is 24.3. The number of nitrogens with one attached hydrogen (secondary N) is 1. The van der Waals surface area contributed by atoms with Crippen molar-refractivity contribution in [3.63, 3.8) is 0 Å². The molecule has 1 aliphatic rings. The molecule has 1 saturated carbocycles. The van der Waals surface area contributed by atoms with Crippen LogP contribution in [0.15, 0.2) is 77.7 Å². The van der Waals surface area contributed by atoms with Gasteiger partial charge in [-0.05, 0) is 79.8 Å². The summed E-state index contributed by atoms with van der Waals surface area (Å²) in [5.41, 5.74) is 1.86. The first-order valence-corrected chi connectivity index (χ1v) is 16.0. The van der Waals surface area contributed by atoms with Gasteiger partial charge in [0.2, 0.25) is 11.8 Å². The van der Waals surface area contributed by atoms with Crippen LogP contribution in [0, 0.1) is 6.92 Å². The highest BCUT2D eigenvalue weighted by Gasteiger charge is 2.35. The molecule has 8 nitrogen and oxygen atoms in total. The highest BCUT2D eigenvalue weighted by atomic mass is 35.5. The standard InChI is InChI=1S/C32H38ClN3O5S/c1-4-29(32(38)34-26-10-6-7-11-26)35(21-24-13-17-27(41-3)18-14-24)31(37)22-36(30-12-8-5-9-23(30)2)42(39,40)28-19-15-25(33)16-20-28/h5,8-9,12-20,26,29H,4,6-7,10-11,21-22H2,1-3H3,(H,34,38)/t29-/m0/s1. The number of ether oxygens (including phenoxy) is 1. The predicted octanol–water partition coefficient (Wildman–Crippen LogP) is 5.72. The molecule has 1 atom stereocenters.